The number of esters is 1. The summed E-state index contributed by atoms with van der Waals surface area (Å²) in [5, 5.41) is 25.0. The fraction of sp³-hybridized carbons (Fsp3) is 0.222. The first kappa shape index (κ1) is 27.3. The molecule has 13 heteroatoms. The third-order valence-electron chi connectivity index (χ3n) is 6.28. The summed E-state index contributed by atoms with van der Waals surface area (Å²) < 4.78 is 22.2. The maximum absolute atomic E-state index is 12.2. The van der Waals surface area contributed by atoms with E-state index in [2.05, 4.69) is 37.0 Å². The molecule has 0 radical (unpaired) electrons. The zero-order chi connectivity index (χ0) is 28.2. The van der Waals surface area contributed by atoms with Gasteiger partial charge in [-0.25, -0.2) is 14.6 Å². The highest BCUT2D eigenvalue weighted by atomic mass is 79.9. The van der Waals surface area contributed by atoms with Gasteiger partial charge in [0.2, 0.25) is 5.88 Å². The van der Waals surface area contributed by atoms with E-state index < -0.39 is 11.9 Å². The standard InChI is InChI=1S/C27H21BrN4O7S/c1-36-27(35)21-14-40-24(28)20(21)13-38-25-18(11-29)17(23-19(26(33)34)12-30-39-23)10-22(31-25)15-2-4-16(5-3-15)32-6-8-37-9-7-32/h2-5,10,12,14H,6-9,13H2,1H3,(H,33,34). The number of thiophene rings is 1. The largest absolute Gasteiger partial charge is 0.477 e. The lowest BCUT2D eigenvalue weighted by Gasteiger charge is -2.28. The zero-order valence-corrected chi connectivity index (χ0v) is 23.5. The number of nitriles is 1. The van der Waals surface area contributed by atoms with E-state index in [0.717, 1.165) is 25.0 Å². The SMILES string of the molecule is COC(=O)c1csc(Br)c1COc1nc(-c2ccc(N3CCOCC3)cc2)cc(-c2oncc2C(=O)O)c1C#N. The van der Waals surface area contributed by atoms with Crippen LogP contribution in [0.1, 0.15) is 31.8 Å². The summed E-state index contributed by atoms with van der Waals surface area (Å²) in [4.78, 5) is 30.9. The van der Waals surface area contributed by atoms with Crippen LogP contribution in [0, 0.1) is 11.3 Å². The Kier molecular flexibility index (Phi) is 8.11. The van der Waals surface area contributed by atoms with Crippen LogP contribution < -0.4 is 9.64 Å². The van der Waals surface area contributed by atoms with Gasteiger partial charge in [-0.2, -0.15) is 5.26 Å². The molecule has 0 amide bonds. The minimum absolute atomic E-state index is 0.0427. The Morgan fingerprint density at radius 1 is 1.23 bits per heavy atom. The molecule has 204 valence electrons. The van der Waals surface area contributed by atoms with Gasteiger partial charge in [-0.1, -0.05) is 17.3 Å². The second-order valence-electron chi connectivity index (χ2n) is 8.55. The Balaban J connectivity index is 1.58. The number of hydrogen-bond donors (Lipinski definition) is 1. The van der Waals surface area contributed by atoms with Crippen molar-refractivity contribution in [2.24, 2.45) is 0 Å². The van der Waals surface area contributed by atoms with E-state index >= 15 is 0 Å². The number of anilines is 1. The number of carboxylic acid groups (broad SMARTS) is 1. The van der Waals surface area contributed by atoms with Crippen LogP contribution in [0.4, 0.5) is 5.69 Å². The number of hydrogen-bond acceptors (Lipinski definition) is 11. The minimum atomic E-state index is -1.26. The fourth-order valence-electron chi connectivity index (χ4n) is 4.23. The molecule has 0 atom stereocenters. The Bertz CT molecular complexity index is 1600. The molecule has 0 saturated carbocycles. The molecule has 40 heavy (non-hydrogen) atoms. The quantitative estimate of drug-likeness (QED) is 0.264. The number of benzene rings is 1. The lowest BCUT2D eigenvalue weighted by Crippen LogP contribution is -2.36. The van der Waals surface area contributed by atoms with Crippen molar-refractivity contribution in [3.8, 4) is 34.5 Å². The number of carboxylic acids is 1. The van der Waals surface area contributed by atoms with E-state index in [1.54, 1.807) is 11.4 Å². The van der Waals surface area contributed by atoms with Crippen LogP contribution in [0.15, 0.2) is 50.2 Å². The van der Waals surface area contributed by atoms with E-state index in [1.807, 2.05) is 24.3 Å². The number of carbonyl (C=O) groups excluding carboxylic acids is 1. The molecule has 0 bridgehead atoms. The van der Waals surface area contributed by atoms with Crippen LogP contribution >= 0.6 is 27.3 Å². The molecule has 1 saturated heterocycles. The monoisotopic (exact) mass is 624 g/mol. The summed E-state index contributed by atoms with van der Waals surface area (Å²) in [6.07, 6.45) is 1.07. The van der Waals surface area contributed by atoms with Crippen molar-refractivity contribution in [1.29, 1.82) is 5.26 Å². The third kappa shape index (κ3) is 5.42. The van der Waals surface area contributed by atoms with Crippen molar-refractivity contribution in [2.75, 3.05) is 38.3 Å². The fourth-order valence-corrected chi connectivity index (χ4v) is 5.61. The van der Waals surface area contributed by atoms with Crippen molar-refractivity contribution >= 4 is 44.9 Å². The third-order valence-corrected chi connectivity index (χ3v) is 8.13. The summed E-state index contributed by atoms with van der Waals surface area (Å²) >= 11 is 4.72. The first-order chi connectivity index (χ1) is 19.4. The lowest BCUT2D eigenvalue weighted by molar-refractivity contribution is 0.0597. The van der Waals surface area contributed by atoms with Gasteiger partial charge in [0, 0.05) is 40.8 Å². The van der Waals surface area contributed by atoms with Gasteiger partial charge >= 0.3 is 11.9 Å². The van der Waals surface area contributed by atoms with Gasteiger partial charge in [-0.3, -0.25) is 0 Å². The summed E-state index contributed by atoms with van der Waals surface area (Å²) in [7, 11) is 1.28. The number of aromatic carboxylic acids is 1. The smallest absolute Gasteiger partial charge is 0.341 e. The highest BCUT2D eigenvalue weighted by Crippen LogP contribution is 2.37. The number of pyridine rings is 1. The van der Waals surface area contributed by atoms with Gasteiger partial charge < -0.3 is 28.7 Å². The van der Waals surface area contributed by atoms with Crippen molar-refractivity contribution in [2.45, 2.75) is 6.61 Å². The van der Waals surface area contributed by atoms with Gasteiger partial charge in [-0.15, -0.1) is 11.3 Å². The van der Waals surface area contributed by atoms with Crippen LogP contribution in [-0.4, -0.2) is 60.6 Å². The highest BCUT2D eigenvalue weighted by molar-refractivity contribution is 9.11. The molecule has 0 aliphatic carbocycles. The molecule has 1 N–H and O–H groups in total. The summed E-state index contributed by atoms with van der Waals surface area (Å²) in [5.74, 6) is -1.96. The molecule has 0 spiro atoms. The molecule has 4 heterocycles. The van der Waals surface area contributed by atoms with Crippen LogP contribution in [0.2, 0.25) is 0 Å². The van der Waals surface area contributed by atoms with E-state index in [9.17, 15) is 20.0 Å². The van der Waals surface area contributed by atoms with E-state index in [-0.39, 0.29) is 34.9 Å². The Labute approximate surface area is 240 Å². The molecule has 1 aliphatic heterocycles. The molecule has 1 aromatic carbocycles. The number of aromatic nitrogens is 2. The van der Waals surface area contributed by atoms with Crippen LogP contribution in [0.25, 0.3) is 22.6 Å². The Hall–Kier alpha value is -4.25. The molecule has 3 aromatic heterocycles. The number of methoxy groups -OCH3 is 1. The van der Waals surface area contributed by atoms with Crippen LogP contribution in [0.5, 0.6) is 5.88 Å². The average Bonchev–Trinajstić information content (AvgIpc) is 3.63. The lowest BCUT2D eigenvalue weighted by atomic mass is 10.0. The predicted molar refractivity (Wildman–Crippen MR) is 148 cm³/mol. The maximum atomic E-state index is 12.2. The van der Waals surface area contributed by atoms with Gasteiger partial charge in [-0.05, 0) is 34.1 Å². The Morgan fingerprint density at radius 2 is 1.98 bits per heavy atom. The van der Waals surface area contributed by atoms with Crippen molar-refractivity contribution in [3.05, 3.63) is 67.9 Å². The zero-order valence-electron chi connectivity index (χ0n) is 21.0. The van der Waals surface area contributed by atoms with Crippen LogP contribution in [0.3, 0.4) is 0 Å². The van der Waals surface area contributed by atoms with Gasteiger partial charge in [0.05, 0.1) is 41.6 Å². The van der Waals surface area contributed by atoms with E-state index in [4.69, 9.17) is 18.7 Å². The number of nitrogens with zero attached hydrogens (tertiary/aromatic N) is 4. The van der Waals surface area contributed by atoms with Crippen molar-refractivity contribution in [3.63, 3.8) is 0 Å². The second-order valence-corrected chi connectivity index (χ2v) is 10.7. The first-order valence-electron chi connectivity index (χ1n) is 11.9. The summed E-state index contributed by atoms with van der Waals surface area (Å²) in [6, 6.07) is 11.3. The van der Waals surface area contributed by atoms with Gasteiger partial charge in [0.25, 0.3) is 0 Å². The predicted octanol–water partition coefficient (Wildman–Crippen LogP) is 5.00. The topological polar surface area (TPSA) is 148 Å². The maximum Gasteiger partial charge on any atom is 0.341 e. The summed E-state index contributed by atoms with van der Waals surface area (Å²) in [5.41, 5.74) is 2.89. The minimum Gasteiger partial charge on any atom is -0.477 e. The summed E-state index contributed by atoms with van der Waals surface area (Å²) in [6.45, 7) is 2.77. The number of halogens is 1. The highest BCUT2D eigenvalue weighted by Gasteiger charge is 2.26. The molecular weight excluding hydrogens is 604 g/mol. The van der Waals surface area contributed by atoms with E-state index in [1.165, 1.54) is 18.4 Å². The van der Waals surface area contributed by atoms with Crippen molar-refractivity contribution < 1.29 is 33.4 Å². The number of ether oxygens (including phenoxy) is 3. The normalized spacial score (nSPS) is 13.1. The molecule has 0 unspecified atom stereocenters. The molecular formula is C27H21BrN4O7S. The number of rotatable bonds is 8. The van der Waals surface area contributed by atoms with E-state index in [0.29, 0.717) is 39.4 Å². The Morgan fingerprint density at radius 3 is 2.65 bits per heavy atom. The first-order valence-corrected chi connectivity index (χ1v) is 13.6. The second kappa shape index (κ2) is 11.9. The molecule has 1 aliphatic rings. The average molecular weight is 625 g/mol. The number of morpholine rings is 1. The van der Waals surface area contributed by atoms with Crippen LogP contribution in [-0.2, 0) is 16.1 Å². The molecule has 11 nitrogen and oxygen atoms in total. The number of carbonyl (C=O) groups is 2. The van der Waals surface area contributed by atoms with Gasteiger partial charge in [0.15, 0.2) is 5.76 Å². The van der Waals surface area contributed by atoms with Gasteiger partial charge in [0.1, 0.15) is 23.8 Å². The van der Waals surface area contributed by atoms with Crippen molar-refractivity contribution in [1.82, 2.24) is 10.1 Å². The molecule has 4 aromatic rings. The molecule has 1 fully saturated rings. The molecule has 5 rings (SSSR count).